The zero-order valence-electron chi connectivity index (χ0n) is 11.6. The van der Waals surface area contributed by atoms with Crippen LogP contribution in [-0.2, 0) is 11.3 Å². The number of nitrogens with one attached hydrogen (secondary N) is 1. The first-order chi connectivity index (χ1) is 9.74. The first-order valence-corrected chi connectivity index (χ1v) is 6.73. The van der Waals surface area contributed by atoms with Crippen molar-refractivity contribution in [3.8, 4) is 0 Å². The Morgan fingerprint density at radius 3 is 2.38 bits per heavy atom. The van der Waals surface area contributed by atoms with Crippen molar-refractivity contribution < 1.29 is 30.7 Å². The standard InChI is InChI=1S/C16H17FN2O.BrH/c17-14-7-9-15(10-8-14)18-16(20)6-2-5-13-19-11-3-1-4-12-19;/h1,3-4,7-12H,2,5-6,13H2;1H. The van der Waals surface area contributed by atoms with Crippen LogP contribution in [-0.4, -0.2) is 5.91 Å². The van der Waals surface area contributed by atoms with E-state index in [1.807, 2.05) is 30.6 Å². The minimum atomic E-state index is -0.303. The normalized spacial score (nSPS) is 9.76. The molecule has 3 nitrogen and oxygen atoms in total. The molecule has 2 aromatic rings. The third-order valence-corrected chi connectivity index (χ3v) is 2.98. The van der Waals surface area contributed by atoms with Gasteiger partial charge in [-0.05, 0) is 30.7 Å². The van der Waals surface area contributed by atoms with Crippen molar-refractivity contribution in [3.63, 3.8) is 0 Å². The molecule has 112 valence electrons. The number of halogens is 2. The molecule has 0 saturated carbocycles. The Balaban J connectivity index is 0.00000220. The highest BCUT2D eigenvalue weighted by Crippen LogP contribution is 2.09. The van der Waals surface area contributed by atoms with Gasteiger partial charge >= 0.3 is 0 Å². The molecule has 1 N–H and O–H groups in total. The summed E-state index contributed by atoms with van der Waals surface area (Å²) < 4.78 is 14.8. The van der Waals surface area contributed by atoms with Crippen LogP contribution >= 0.6 is 0 Å². The highest BCUT2D eigenvalue weighted by Gasteiger charge is 2.04. The number of aryl methyl sites for hydroxylation is 1. The van der Waals surface area contributed by atoms with E-state index in [0.717, 1.165) is 19.4 Å². The topological polar surface area (TPSA) is 33.0 Å². The van der Waals surface area contributed by atoms with Crippen LogP contribution in [0.4, 0.5) is 10.1 Å². The molecule has 0 aliphatic heterocycles. The average molecular weight is 353 g/mol. The fraction of sp³-hybridized carbons (Fsp3) is 0.250. The molecule has 1 amide bonds. The van der Waals surface area contributed by atoms with Crippen LogP contribution in [0.3, 0.4) is 0 Å². The molecule has 0 atom stereocenters. The molecule has 0 aliphatic carbocycles. The largest absolute Gasteiger partial charge is 1.00 e. The first kappa shape index (κ1) is 17.3. The molecule has 0 unspecified atom stereocenters. The second-order valence-corrected chi connectivity index (χ2v) is 4.63. The third kappa shape index (κ3) is 6.49. The van der Waals surface area contributed by atoms with Gasteiger partial charge < -0.3 is 22.3 Å². The smallest absolute Gasteiger partial charge is 0.224 e. The van der Waals surface area contributed by atoms with Gasteiger partial charge in [0.05, 0.1) is 0 Å². The summed E-state index contributed by atoms with van der Waals surface area (Å²) >= 11 is 0. The molecule has 0 bridgehead atoms. The number of hydrogen-bond donors (Lipinski definition) is 1. The lowest BCUT2D eigenvalue weighted by Gasteiger charge is -2.04. The average Bonchev–Trinajstić information content (AvgIpc) is 2.47. The molecule has 1 heterocycles. The molecular weight excluding hydrogens is 335 g/mol. The van der Waals surface area contributed by atoms with Gasteiger partial charge in [0.25, 0.3) is 0 Å². The molecular formula is C16H18BrFN2O. The summed E-state index contributed by atoms with van der Waals surface area (Å²) in [5, 5.41) is 2.76. The fourth-order valence-electron chi connectivity index (χ4n) is 1.92. The summed E-state index contributed by atoms with van der Waals surface area (Å²) in [4.78, 5) is 11.7. The van der Waals surface area contributed by atoms with Crippen LogP contribution in [0.15, 0.2) is 54.9 Å². The van der Waals surface area contributed by atoms with E-state index in [4.69, 9.17) is 0 Å². The van der Waals surface area contributed by atoms with E-state index < -0.39 is 0 Å². The highest BCUT2D eigenvalue weighted by molar-refractivity contribution is 5.90. The van der Waals surface area contributed by atoms with E-state index in [1.54, 1.807) is 12.1 Å². The predicted molar refractivity (Wildman–Crippen MR) is 75.5 cm³/mol. The SMILES string of the molecule is O=C(CCCC[n+]1ccccc1)Nc1ccc(F)cc1.[Br-]. The number of benzene rings is 1. The summed E-state index contributed by atoms with van der Waals surface area (Å²) in [7, 11) is 0. The van der Waals surface area contributed by atoms with Crippen LogP contribution in [0.2, 0.25) is 0 Å². The van der Waals surface area contributed by atoms with Crippen molar-refractivity contribution in [3.05, 3.63) is 60.7 Å². The second kappa shape index (κ2) is 9.23. The molecule has 5 heteroatoms. The second-order valence-electron chi connectivity index (χ2n) is 4.63. The van der Waals surface area contributed by atoms with Gasteiger partial charge in [-0.1, -0.05) is 6.07 Å². The Bertz CT molecular complexity index is 546. The minimum absolute atomic E-state index is 0. The quantitative estimate of drug-likeness (QED) is 0.572. The van der Waals surface area contributed by atoms with Gasteiger partial charge in [0, 0.05) is 30.7 Å². The summed E-state index contributed by atoms with van der Waals surface area (Å²) in [5.74, 6) is -0.336. The molecule has 0 aliphatic rings. The van der Waals surface area contributed by atoms with Gasteiger partial charge in [-0.2, -0.15) is 0 Å². The molecule has 1 aromatic carbocycles. The van der Waals surface area contributed by atoms with E-state index in [-0.39, 0.29) is 28.7 Å². The summed E-state index contributed by atoms with van der Waals surface area (Å²) in [5.41, 5.74) is 0.633. The molecule has 1 aromatic heterocycles. The predicted octanol–water partition coefficient (Wildman–Crippen LogP) is -0.0738. The Morgan fingerprint density at radius 1 is 1.05 bits per heavy atom. The number of carbonyl (C=O) groups excluding carboxylic acids is 1. The van der Waals surface area contributed by atoms with Crippen LogP contribution in [0.25, 0.3) is 0 Å². The highest BCUT2D eigenvalue weighted by atomic mass is 79.9. The zero-order valence-corrected chi connectivity index (χ0v) is 13.2. The van der Waals surface area contributed by atoms with E-state index in [2.05, 4.69) is 9.88 Å². The van der Waals surface area contributed by atoms with Crippen molar-refractivity contribution in [1.29, 1.82) is 0 Å². The van der Waals surface area contributed by atoms with Crippen LogP contribution in [0.5, 0.6) is 0 Å². The number of rotatable bonds is 6. The van der Waals surface area contributed by atoms with Gasteiger partial charge in [-0.25, -0.2) is 8.96 Å². The molecule has 0 fully saturated rings. The Hall–Kier alpha value is -1.75. The van der Waals surface area contributed by atoms with Gasteiger partial charge in [-0.15, -0.1) is 0 Å². The maximum atomic E-state index is 12.7. The Labute approximate surface area is 134 Å². The van der Waals surface area contributed by atoms with Crippen LogP contribution < -0.4 is 26.9 Å². The summed E-state index contributed by atoms with van der Waals surface area (Å²) in [6, 6.07) is 11.7. The van der Waals surface area contributed by atoms with E-state index in [0.29, 0.717) is 12.1 Å². The number of nitrogens with zero attached hydrogens (tertiary/aromatic N) is 1. The van der Waals surface area contributed by atoms with Gasteiger partial charge in [-0.3, -0.25) is 4.79 Å². The summed E-state index contributed by atoms with van der Waals surface area (Å²) in [6.07, 6.45) is 6.28. The molecule has 0 spiro atoms. The maximum Gasteiger partial charge on any atom is 0.224 e. The Kier molecular flexibility index (Phi) is 7.61. The van der Waals surface area contributed by atoms with E-state index in [1.165, 1.54) is 12.1 Å². The third-order valence-electron chi connectivity index (χ3n) is 2.98. The number of anilines is 1. The maximum absolute atomic E-state index is 12.7. The number of carbonyl (C=O) groups is 1. The zero-order chi connectivity index (χ0) is 14.2. The number of hydrogen-bond acceptors (Lipinski definition) is 1. The van der Waals surface area contributed by atoms with Crippen molar-refractivity contribution in [1.82, 2.24) is 0 Å². The lowest BCUT2D eigenvalue weighted by atomic mass is 10.2. The fourth-order valence-corrected chi connectivity index (χ4v) is 1.92. The van der Waals surface area contributed by atoms with Gasteiger partial charge in [0.15, 0.2) is 12.4 Å². The number of amides is 1. The molecule has 21 heavy (non-hydrogen) atoms. The molecule has 0 radical (unpaired) electrons. The lowest BCUT2D eigenvalue weighted by Crippen LogP contribution is -3.00. The lowest BCUT2D eigenvalue weighted by molar-refractivity contribution is -0.697. The van der Waals surface area contributed by atoms with E-state index in [9.17, 15) is 9.18 Å². The number of pyridine rings is 1. The van der Waals surface area contributed by atoms with E-state index >= 15 is 0 Å². The minimum Gasteiger partial charge on any atom is -1.00 e. The van der Waals surface area contributed by atoms with Crippen LogP contribution in [0, 0.1) is 5.82 Å². The van der Waals surface area contributed by atoms with Crippen molar-refractivity contribution in [2.45, 2.75) is 25.8 Å². The van der Waals surface area contributed by atoms with Crippen molar-refractivity contribution in [2.75, 3.05) is 5.32 Å². The van der Waals surface area contributed by atoms with Gasteiger partial charge in [0.1, 0.15) is 12.4 Å². The van der Waals surface area contributed by atoms with Crippen molar-refractivity contribution >= 4 is 11.6 Å². The Morgan fingerprint density at radius 2 is 1.71 bits per heavy atom. The van der Waals surface area contributed by atoms with Crippen molar-refractivity contribution in [2.24, 2.45) is 0 Å². The van der Waals surface area contributed by atoms with Crippen LogP contribution in [0.1, 0.15) is 19.3 Å². The monoisotopic (exact) mass is 352 g/mol. The first-order valence-electron chi connectivity index (χ1n) is 6.73. The number of unbranched alkanes of at least 4 members (excludes halogenated alkanes) is 1. The van der Waals surface area contributed by atoms with Gasteiger partial charge in [0.2, 0.25) is 5.91 Å². The number of aromatic nitrogens is 1. The molecule has 0 saturated heterocycles. The summed E-state index contributed by atoms with van der Waals surface area (Å²) in [6.45, 7) is 0.907. The molecule has 2 rings (SSSR count).